The summed E-state index contributed by atoms with van der Waals surface area (Å²) >= 11 is 7.76. The largest absolute Gasteiger partial charge is 0.335 e. The maximum Gasteiger partial charge on any atom is 0.225 e. The Hall–Kier alpha value is -3.11. The fourth-order valence-electron chi connectivity index (χ4n) is 2.92. The highest BCUT2D eigenvalue weighted by molar-refractivity contribution is 7.07. The fraction of sp³-hybridized carbons (Fsp3) is 0.348. The van der Waals surface area contributed by atoms with Gasteiger partial charge in [-0.15, -0.1) is 0 Å². The molecule has 0 aliphatic heterocycles. The first-order chi connectivity index (χ1) is 16.3. The lowest BCUT2D eigenvalue weighted by Crippen LogP contribution is -2.28. The van der Waals surface area contributed by atoms with E-state index in [0.717, 1.165) is 37.4 Å². The number of anilines is 1. The molecule has 3 aromatic rings. The molecule has 180 valence electrons. The molecule has 0 spiro atoms. The van der Waals surface area contributed by atoms with Crippen LogP contribution in [0.5, 0.6) is 0 Å². The maximum absolute atomic E-state index is 13.2. The van der Waals surface area contributed by atoms with E-state index in [1.54, 1.807) is 31.5 Å². The van der Waals surface area contributed by atoms with E-state index in [1.807, 2.05) is 17.7 Å². The lowest BCUT2D eigenvalue weighted by Gasteiger charge is -2.16. The Morgan fingerprint density at radius 3 is 2.68 bits per heavy atom. The second-order valence-corrected chi connectivity index (χ2v) is 8.96. The first kappa shape index (κ1) is 25.5. The zero-order valence-electron chi connectivity index (χ0n) is 19.6. The summed E-state index contributed by atoms with van der Waals surface area (Å²) in [7, 11) is 0. The van der Waals surface area contributed by atoms with Crippen LogP contribution >= 0.6 is 22.9 Å². The van der Waals surface area contributed by atoms with Gasteiger partial charge in [-0.3, -0.25) is 0 Å². The van der Waals surface area contributed by atoms with E-state index in [9.17, 15) is 4.39 Å². The highest BCUT2D eigenvalue weighted by Gasteiger charge is 2.13. The number of hydrogen-bond donors (Lipinski definition) is 2. The Balaban J connectivity index is 1.76. The first-order valence-corrected chi connectivity index (χ1v) is 12.2. The maximum atomic E-state index is 13.2. The van der Waals surface area contributed by atoms with E-state index >= 15 is 0 Å². The van der Waals surface area contributed by atoms with Crippen molar-refractivity contribution in [2.75, 3.05) is 5.32 Å². The smallest absolute Gasteiger partial charge is 0.225 e. The minimum absolute atomic E-state index is 0.278. The minimum atomic E-state index is -0.504. The molecule has 3 aromatic heterocycles. The van der Waals surface area contributed by atoms with Crippen molar-refractivity contribution < 1.29 is 4.39 Å². The zero-order chi connectivity index (χ0) is 24.5. The van der Waals surface area contributed by atoms with Crippen molar-refractivity contribution in [3.8, 4) is 0 Å². The summed E-state index contributed by atoms with van der Waals surface area (Å²) in [6.45, 7) is 8.36. The van der Waals surface area contributed by atoms with E-state index < -0.39 is 11.9 Å². The van der Waals surface area contributed by atoms with Crippen molar-refractivity contribution in [1.29, 1.82) is 0 Å². The third kappa shape index (κ3) is 7.74. The highest BCUT2D eigenvalue weighted by atomic mass is 35.5. The van der Waals surface area contributed by atoms with Crippen LogP contribution in [0.2, 0.25) is 0 Å². The quantitative estimate of drug-likeness (QED) is 0.296. The molecule has 1 atom stereocenters. The van der Waals surface area contributed by atoms with Crippen LogP contribution in [0.25, 0.3) is 0 Å². The molecule has 2 N–H and O–H groups in total. The number of aliphatic imine (C=N–C) groups is 2. The highest BCUT2D eigenvalue weighted by Crippen LogP contribution is 2.15. The standard InChI is InChI=1S/C23H28ClFN8S/c1-5-15(2)21(31-20-12-33(14-28-20)8-6-18-7-9-34-13-18)32-23(30-17(4)24)29-16(3)22-26-10-19(25)11-27-22/h7,9-14,16,31H,5-6,8H2,1-4H3,(H,29,32)/b21-15+,30-17+. The minimum Gasteiger partial charge on any atom is -0.335 e. The molecule has 3 heterocycles. The van der Waals surface area contributed by atoms with Crippen molar-refractivity contribution >= 4 is 39.9 Å². The summed E-state index contributed by atoms with van der Waals surface area (Å²) < 4.78 is 15.2. The molecule has 0 bridgehead atoms. The van der Waals surface area contributed by atoms with E-state index in [1.165, 1.54) is 5.56 Å². The molecule has 8 nitrogen and oxygen atoms in total. The summed E-state index contributed by atoms with van der Waals surface area (Å²) in [5.41, 5.74) is 2.36. The van der Waals surface area contributed by atoms with Gasteiger partial charge in [0.1, 0.15) is 22.9 Å². The molecule has 0 aromatic carbocycles. The summed E-state index contributed by atoms with van der Waals surface area (Å²) in [5, 5.41) is 11.1. The number of aromatic nitrogens is 4. The second-order valence-electron chi connectivity index (χ2n) is 7.63. The number of allylic oxidation sites excluding steroid dienone is 1. The molecule has 34 heavy (non-hydrogen) atoms. The molecular weight excluding hydrogens is 475 g/mol. The molecular formula is C23H28ClFN8S. The Kier molecular flexibility index (Phi) is 9.29. The first-order valence-electron chi connectivity index (χ1n) is 10.9. The lowest BCUT2D eigenvalue weighted by molar-refractivity contribution is 0.601. The van der Waals surface area contributed by atoms with E-state index in [4.69, 9.17) is 11.6 Å². The van der Waals surface area contributed by atoms with Gasteiger partial charge in [-0.2, -0.15) is 11.3 Å². The third-order valence-corrected chi connectivity index (χ3v) is 5.73. The van der Waals surface area contributed by atoms with Gasteiger partial charge in [-0.05, 0) is 61.6 Å². The summed E-state index contributed by atoms with van der Waals surface area (Å²) in [6.07, 6.45) is 7.72. The van der Waals surface area contributed by atoms with Crippen molar-refractivity contribution in [3.63, 3.8) is 0 Å². The fourth-order valence-corrected chi connectivity index (χ4v) is 3.70. The van der Waals surface area contributed by atoms with Gasteiger partial charge in [-0.1, -0.05) is 18.5 Å². The summed E-state index contributed by atoms with van der Waals surface area (Å²) in [6, 6.07) is 1.66. The number of thiophene rings is 1. The van der Waals surface area contributed by atoms with Gasteiger partial charge in [0, 0.05) is 12.7 Å². The molecule has 3 rings (SSSR count). The second kappa shape index (κ2) is 12.4. The molecule has 0 radical (unpaired) electrons. The number of aryl methyl sites for hydroxylation is 2. The number of halogens is 2. The van der Waals surface area contributed by atoms with Crippen LogP contribution in [0, 0.1) is 5.82 Å². The lowest BCUT2D eigenvalue weighted by atomic mass is 10.2. The number of hydrogen-bond acceptors (Lipinski definition) is 6. The predicted octanol–water partition coefficient (Wildman–Crippen LogP) is 5.53. The predicted molar refractivity (Wildman–Crippen MR) is 137 cm³/mol. The topological polar surface area (TPSA) is 92.4 Å². The number of imidazole rings is 1. The summed E-state index contributed by atoms with van der Waals surface area (Å²) in [5.74, 6) is 1.55. The van der Waals surface area contributed by atoms with Crippen molar-refractivity contribution in [1.82, 2.24) is 24.8 Å². The van der Waals surface area contributed by atoms with Crippen molar-refractivity contribution in [2.24, 2.45) is 9.98 Å². The number of nitrogens with one attached hydrogen (secondary N) is 2. The van der Waals surface area contributed by atoms with Gasteiger partial charge in [-0.25, -0.2) is 29.3 Å². The van der Waals surface area contributed by atoms with Crippen LogP contribution < -0.4 is 10.6 Å². The average molecular weight is 503 g/mol. The van der Waals surface area contributed by atoms with Crippen LogP contribution in [-0.4, -0.2) is 30.6 Å². The molecule has 0 saturated carbocycles. The Morgan fingerprint density at radius 1 is 1.26 bits per heavy atom. The molecule has 0 amide bonds. The Bertz CT molecular complexity index is 1150. The molecule has 11 heteroatoms. The van der Waals surface area contributed by atoms with Crippen LogP contribution in [0.3, 0.4) is 0 Å². The molecule has 0 saturated heterocycles. The number of guanidine groups is 1. The third-order valence-electron chi connectivity index (χ3n) is 4.91. The van der Waals surface area contributed by atoms with Gasteiger partial charge in [0.05, 0.1) is 18.7 Å². The van der Waals surface area contributed by atoms with Crippen LogP contribution in [0.4, 0.5) is 10.2 Å². The van der Waals surface area contributed by atoms with E-state index in [-0.39, 0.29) is 5.96 Å². The molecule has 1 unspecified atom stereocenters. The van der Waals surface area contributed by atoms with Crippen LogP contribution in [-0.2, 0) is 13.0 Å². The monoisotopic (exact) mass is 502 g/mol. The number of rotatable bonds is 9. The average Bonchev–Trinajstić information content (AvgIpc) is 3.48. The van der Waals surface area contributed by atoms with Crippen LogP contribution in [0.1, 0.15) is 51.5 Å². The van der Waals surface area contributed by atoms with Crippen molar-refractivity contribution in [3.05, 3.63) is 70.3 Å². The zero-order valence-corrected chi connectivity index (χ0v) is 21.2. The normalized spacial score (nSPS) is 14.1. The van der Waals surface area contributed by atoms with Gasteiger partial charge >= 0.3 is 0 Å². The van der Waals surface area contributed by atoms with Crippen LogP contribution in [0.15, 0.2) is 63.1 Å². The van der Waals surface area contributed by atoms with E-state index in [0.29, 0.717) is 22.6 Å². The SMILES string of the molecule is CC/C(C)=C(/NC(=NC(C)c1ncc(F)cn1)/N=C(\C)Cl)Nc1cn(CCc2ccsc2)cn1. The van der Waals surface area contributed by atoms with Gasteiger partial charge < -0.3 is 15.2 Å². The Labute approximate surface area is 207 Å². The van der Waals surface area contributed by atoms with Crippen molar-refractivity contribution in [2.45, 2.75) is 53.1 Å². The Morgan fingerprint density at radius 2 is 2.03 bits per heavy atom. The number of nitrogens with zero attached hydrogens (tertiary/aromatic N) is 6. The van der Waals surface area contributed by atoms with Gasteiger partial charge in [0.15, 0.2) is 11.6 Å². The van der Waals surface area contributed by atoms with Gasteiger partial charge in [0.25, 0.3) is 0 Å². The molecule has 0 fully saturated rings. The van der Waals surface area contributed by atoms with Gasteiger partial charge in [0.2, 0.25) is 5.96 Å². The molecule has 0 aliphatic rings. The molecule has 0 aliphatic carbocycles. The summed E-state index contributed by atoms with van der Waals surface area (Å²) in [4.78, 5) is 21.4. The van der Waals surface area contributed by atoms with E-state index in [2.05, 4.69) is 59.3 Å².